The van der Waals surface area contributed by atoms with Crippen molar-refractivity contribution in [1.29, 1.82) is 0 Å². The summed E-state index contributed by atoms with van der Waals surface area (Å²) in [6, 6.07) is 10.1. The summed E-state index contributed by atoms with van der Waals surface area (Å²) in [5.74, 6) is -0.985. The number of esters is 1. The normalized spacial score (nSPS) is 21.7. The van der Waals surface area contributed by atoms with Crippen LogP contribution in [0.4, 0.5) is 0 Å². The lowest BCUT2D eigenvalue weighted by Crippen LogP contribution is -2.57. The molecule has 1 atom stereocenters. The highest BCUT2D eigenvalue weighted by Gasteiger charge is 2.58. The van der Waals surface area contributed by atoms with Crippen molar-refractivity contribution in [2.24, 2.45) is 5.92 Å². The number of methoxy groups -OCH3 is 1. The number of piperidine rings is 1. The second kappa shape index (κ2) is 7.96. The molecule has 1 unspecified atom stereocenters. The monoisotopic (exact) mass is 398 g/mol. The fourth-order valence-corrected chi connectivity index (χ4v) is 4.74. The molecule has 2 fully saturated rings. The fourth-order valence-electron chi connectivity index (χ4n) is 4.74. The Hall–Kier alpha value is -2.71. The zero-order chi connectivity index (χ0) is 20.4. The number of benzene rings is 1. The number of aromatic nitrogens is 2. The minimum Gasteiger partial charge on any atom is -0.469 e. The Balaban J connectivity index is 1.49. The molecule has 1 N–H and O–H groups in total. The van der Waals surface area contributed by atoms with E-state index in [1.54, 1.807) is 0 Å². The summed E-state index contributed by atoms with van der Waals surface area (Å²) in [6.07, 6.45) is 3.32. The van der Waals surface area contributed by atoms with Crippen molar-refractivity contribution in [1.82, 2.24) is 20.2 Å². The highest BCUT2D eigenvalue weighted by molar-refractivity contribution is 5.88. The lowest BCUT2D eigenvalue weighted by molar-refractivity contribution is -0.210. The summed E-state index contributed by atoms with van der Waals surface area (Å²) in [6.45, 7) is 2.25. The Morgan fingerprint density at radius 2 is 1.97 bits per heavy atom. The highest BCUT2D eigenvalue weighted by atomic mass is 16.7. The number of rotatable bonds is 5. The molecule has 2 aliphatic heterocycles. The Bertz CT molecular complexity index is 872. The molecule has 2 saturated heterocycles. The maximum absolute atomic E-state index is 12.4. The smallest absolute Gasteiger partial charge is 0.311 e. The van der Waals surface area contributed by atoms with Crippen LogP contribution in [-0.4, -0.2) is 64.9 Å². The largest absolute Gasteiger partial charge is 0.469 e. The Morgan fingerprint density at radius 1 is 1.24 bits per heavy atom. The van der Waals surface area contributed by atoms with Gasteiger partial charge in [-0.3, -0.25) is 24.4 Å². The van der Waals surface area contributed by atoms with Gasteiger partial charge in [0.2, 0.25) is 5.91 Å². The Kier molecular flexibility index (Phi) is 5.38. The topological polar surface area (TPSA) is 87.8 Å². The van der Waals surface area contributed by atoms with Crippen LogP contribution in [0.15, 0.2) is 36.5 Å². The molecular weight excluding hydrogens is 372 g/mol. The first kappa shape index (κ1) is 19.6. The van der Waals surface area contributed by atoms with Gasteiger partial charge in [-0.1, -0.05) is 30.3 Å². The molecule has 1 amide bonds. The molecule has 4 rings (SSSR count). The van der Waals surface area contributed by atoms with Crippen LogP contribution in [0.1, 0.15) is 24.8 Å². The third kappa shape index (κ3) is 3.42. The van der Waals surface area contributed by atoms with Crippen LogP contribution in [0, 0.1) is 5.92 Å². The third-order valence-electron chi connectivity index (χ3n) is 6.22. The van der Waals surface area contributed by atoms with Crippen LogP contribution in [-0.2, 0) is 25.7 Å². The van der Waals surface area contributed by atoms with Gasteiger partial charge >= 0.3 is 5.97 Å². The molecule has 8 nitrogen and oxygen atoms in total. The number of ether oxygens (including phenoxy) is 1. The van der Waals surface area contributed by atoms with Crippen molar-refractivity contribution in [3.05, 3.63) is 42.1 Å². The molecule has 1 aromatic heterocycles. The fraction of sp³-hybridized carbons (Fsp3) is 0.476. The number of nitrogens with one attached hydrogen (secondary N) is 1. The van der Waals surface area contributed by atoms with Gasteiger partial charge in [-0.25, -0.2) is 5.06 Å². The molecule has 8 heteroatoms. The standard InChI is InChI=1S/C21H26N4O4/c1-28-20(27)17-12-18(26)25(29-2)21(17)8-10-24(11-9-21)14-16-13-22-23-19(16)15-6-4-3-5-7-15/h3-7,13,17H,8-12,14H2,1-2H3,(H,22,23). The Morgan fingerprint density at radius 3 is 2.62 bits per heavy atom. The van der Waals surface area contributed by atoms with Crippen molar-refractivity contribution in [3.63, 3.8) is 0 Å². The van der Waals surface area contributed by atoms with Crippen molar-refractivity contribution in [2.75, 3.05) is 27.3 Å². The summed E-state index contributed by atoms with van der Waals surface area (Å²) in [5, 5.41) is 8.75. The number of amides is 1. The van der Waals surface area contributed by atoms with E-state index in [0.717, 1.165) is 36.5 Å². The van der Waals surface area contributed by atoms with Crippen LogP contribution < -0.4 is 0 Å². The quantitative estimate of drug-likeness (QED) is 0.775. The van der Waals surface area contributed by atoms with Gasteiger partial charge in [-0.2, -0.15) is 5.10 Å². The van der Waals surface area contributed by atoms with Gasteiger partial charge in [0.25, 0.3) is 0 Å². The molecule has 0 saturated carbocycles. The number of hydrogen-bond donors (Lipinski definition) is 1. The zero-order valence-electron chi connectivity index (χ0n) is 16.8. The van der Waals surface area contributed by atoms with Crippen LogP contribution in [0.25, 0.3) is 11.3 Å². The van der Waals surface area contributed by atoms with Crippen molar-refractivity contribution in [2.45, 2.75) is 31.3 Å². The molecular formula is C21H26N4O4. The van der Waals surface area contributed by atoms with Gasteiger partial charge in [0.05, 0.1) is 37.6 Å². The van der Waals surface area contributed by atoms with E-state index in [4.69, 9.17) is 9.57 Å². The van der Waals surface area contributed by atoms with Crippen LogP contribution >= 0.6 is 0 Å². The molecule has 1 spiro atoms. The van der Waals surface area contributed by atoms with Gasteiger partial charge < -0.3 is 4.74 Å². The minimum atomic E-state index is -0.631. The number of carbonyl (C=O) groups is 2. The van der Waals surface area contributed by atoms with E-state index in [2.05, 4.69) is 27.2 Å². The summed E-state index contributed by atoms with van der Waals surface area (Å²) in [5.41, 5.74) is 2.62. The SMILES string of the molecule is COC(=O)C1CC(=O)N(OC)C12CCN(Cc1cn[nH]c1-c1ccccc1)CC2. The molecule has 2 aliphatic rings. The van der Waals surface area contributed by atoms with E-state index >= 15 is 0 Å². The van der Waals surface area contributed by atoms with Crippen molar-refractivity contribution in [3.8, 4) is 11.3 Å². The van der Waals surface area contributed by atoms with E-state index in [-0.39, 0.29) is 18.3 Å². The summed E-state index contributed by atoms with van der Waals surface area (Å²) in [7, 11) is 2.86. The first-order chi connectivity index (χ1) is 14.1. The minimum absolute atomic E-state index is 0.139. The van der Waals surface area contributed by atoms with E-state index < -0.39 is 11.5 Å². The molecule has 154 valence electrons. The maximum Gasteiger partial charge on any atom is 0.311 e. The van der Waals surface area contributed by atoms with E-state index in [0.29, 0.717) is 12.8 Å². The predicted molar refractivity (Wildman–Crippen MR) is 105 cm³/mol. The molecule has 29 heavy (non-hydrogen) atoms. The van der Waals surface area contributed by atoms with Crippen LogP contribution in [0.2, 0.25) is 0 Å². The number of hydrogen-bond acceptors (Lipinski definition) is 6. The summed E-state index contributed by atoms with van der Waals surface area (Å²) < 4.78 is 4.98. The Labute approximate surface area is 169 Å². The summed E-state index contributed by atoms with van der Waals surface area (Å²) in [4.78, 5) is 32.5. The molecule has 2 aromatic rings. The molecule has 0 aliphatic carbocycles. The number of H-pyrrole nitrogens is 1. The van der Waals surface area contributed by atoms with E-state index in [1.807, 2.05) is 24.4 Å². The van der Waals surface area contributed by atoms with Gasteiger partial charge in [0.15, 0.2) is 0 Å². The molecule has 0 radical (unpaired) electrons. The number of likely N-dealkylation sites (tertiary alicyclic amines) is 1. The second-order valence-electron chi connectivity index (χ2n) is 7.67. The van der Waals surface area contributed by atoms with Crippen molar-refractivity contribution < 1.29 is 19.2 Å². The average Bonchev–Trinajstić information content (AvgIpc) is 3.32. The highest BCUT2D eigenvalue weighted by Crippen LogP contribution is 2.44. The lowest BCUT2D eigenvalue weighted by atomic mass is 9.77. The van der Waals surface area contributed by atoms with Gasteiger partial charge in [0.1, 0.15) is 0 Å². The number of carbonyl (C=O) groups excluding carboxylic acids is 2. The predicted octanol–water partition coefficient (Wildman–Crippen LogP) is 1.99. The average molecular weight is 398 g/mol. The number of hydroxylamine groups is 2. The lowest BCUT2D eigenvalue weighted by Gasteiger charge is -2.45. The van der Waals surface area contributed by atoms with Gasteiger partial charge in [-0.05, 0) is 18.4 Å². The number of nitrogens with zero attached hydrogens (tertiary/aromatic N) is 3. The molecule has 0 bridgehead atoms. The van der Waals surface area contributed by atoms with Gasteiger partial charge in [0, 0.05) is 31.6 Å². The van der Waals surface area contributed by atoms with Crippen LogP contribution in [0.3, 0.4) is 0 Å². The first-order valence-corrected chi connectivity index (χ1v) is 9.84. The number of aromatic amines is 1. The maximum atomic E-state index is 12.4. The summed E-state index contributed by atoms with van der Waals surface area (Å²) >= 11 is 0. The van der Waals surface area contributed by atoms with E-state index in [1.165, 1.54) is 19.3 Å². The molecule has 3 heterocycles. The zero-order valence-corrected chi connectivity index (χ0v) is 16.8. The van der Waals surface area contributed by atoms with Crippen LogP contribution in [0.5, 0.6) is 0 Å². The van der Waals surface area contributed by atoms with Crippen molar-refractivity contribution >= 4 is 11.9 Å². The van der Waals surface area contributed by atoms with E-state index in [9.17, 15) is 9.59 Å². The molecule has 1 aromatic carbocycles. The first-order valence-electron chi connectivity index (χ1n) is 9.84. The third-order valence-corrected chi connectivity index (χ3v) is 6.22. The van der Waals surface area contributed by atoms with Gasteiger partial charge in [-0.15, -0.1) is 0 Å². The second-order valence-corrected chi connectivity index (χ2v) is 7.67.